The Morgan fingerprint density at radius 1 is 1.33 bits per heavy atom. The van der Waals surface area contributed by atoms with Crippen LogP contribution in [0.1, 0.15) is 42.1 Å². The number of rotatable bonds is 4. The van der Waals surface area contributed by atoms with E-state index in [4.69, 9.17) is 5.11 Å². The van der Waals surface area contributed by atoms with Gasteiger partial charge in [-0.3, -0.25) is 0 Å². The highest BCUT2D eigenvalue weighted by Crippen LogP contribution is 2.29. The van der Waals surface area contributed by atoms with E-state index in [1.807, 2.05) is 0 Å². The second-order valence-electron chi connectivity index (χ2n) is 5.90. The molecule has 1 fully saturated rings. The summed E-state index contributed by atoms with van der Waals surface area (Å²) in [6.07, 6.45) is 3.55. The maximum absolute atomic E-state index is 11.9. The minimum atomic E-state index is -0.989. The zero-order chi connectivity index (χ0) is 15.4. The summed E-state index contributed by atoms with van der Waals surface area (Å²) < 4.78 is 0. The van der Waals surface area contributed by atoms with E-state index < -0.39 is 5.97 Å². The van der Waals surface area contributed by atoms with Gasteiger partial charge in [-0.2, -0.15) is 0 Å². The van der Waals surface area contributed by atoms with Crippen LogP contribution in [0.4, 0.5) is 10.5 Å². The molecule has 2 atom stereocenters. The van der Waals surface area contributed by atoms with Crippen molar-refractivity contribution in [3.05, 3.63) is 29.3 Å². The van der Waals surface area contributed by atoms with Gasteiger partial charge in [0, 0.05) is 12.2 Å². The van der Waals surface area contributed by atoms with E-state index in [9.17, 15) is 9.59 Å². The number of anilines is 1. The van der Waals surface area contributed by atoms with Crippen molar-refractivity contribution in [1.29, 1.82) is 0 Å². The monoisotopic (exact) mass is 290 g/mol. The number of carboxylic acid groups (broad SMARTS) is 1. The van der Waals surface area contributed by atoms with Crippen LogP contribution in [-0.4, -0.2) is 23.7 Å². The van der Waals surface area contributed by atoms with Crippen LogP contribution in [0.15, 0.2) is 18.2 Å². The fourth-order valence-corrected chi connectivity index (χ4v) is 2.92. The molecule has 1 saturated carbocycles. The highest BCUT2D eigenvalue weighted by atomic mass is 16.4. The molecule has 0 heterocycles. The number of amides is 2. The van der Waals surface area contributed by atoms with Crippen LogP contribution in [0.25, 0.3) is 0 Å². The number of benzene rings is 1. The molecule has 1 aromatic rings. The average molecular weight is 290 g/mol. The molecular formula is C16H22N2O3. The topological polar surface area (TPSA) is 78.4 Å². The van der Waals surface area contributed by atoms with Crippen molar-refractivity contribution in [2.45, 2.75) is 33.1 Å². The summed E-state index contributed by atoms with van der Waals surface area (Å²) in [7, 11) is 0. The van der Waals surface area contributed by atoms with Crippen molar-refractivity contribution in [1.82, 2.24) is 5.32 Å². The standard InChI is InChI=1S/C16H22N2O3/c1-10-6-7-12(8-10)9-17-16(21)18-14-5-3-4-13(11(14)2)15(19)20/h3-5,10,12H,6-9H2,1-2H3,(H,19,20)(H2,17,18,21). The van der Waals surface area contributed by atoms with Gasteiger partial charge in [0.2, 0.25) is 0 Å². The van der Waals surface area contributed by atoms with Gasteiger partial charge in [-0.25, -0.2) is 9.59 Å². The first-order valence-electron chi connectivity index (χ1n) is 7.35. The van der Waals surface area contributed by atoms with E-state index in [1.165, 1.54) is 12.5 Å². The van der Waals surface area contributed by atoms with Crippen LogP contribution in [0.5, 0.6) is 0 Å². The van der Waals surface area contributed by atoms with Gasteiger partial charge < -0.3 is 15.7 Å². The van der Waals surface area contributed by atoms with Crippen LogP contribution < -0.4 is 10.6 Å². The molecule has 2 amide bonds. The molecule has 2 unspecified atom stereocenters. The fourth-order valence-electron chi connectivity index (χ4n) is 2.92. The lowest BCUT2D eigenvalue weighted by Gasteiger charge is -2.14. The van der Waals surface area contributed by atoms with E-state index in [0.29, 0.717) is 23.7 Å². The van der Waals surface area contributed by atoms with Crippen molar-refractivity contribution in [3.63, 3.8) is 0 Å². The summed E-state index contributed by atoms with van der Waals surface area (Å²) in [6.45, 7) is 4.60. The fraction of sp³-hybridized carbons (Fsp3) is 0.500. The van der Waals surface area contributed by atoms with E-state index in [-0.39, 0.29) is 11.6 Å². The van der Waals surface area contributed by atoms with Gasteiger partial charge in [0.25, 0.3) is 0 Å². The molecule has 0 spiro atoms. The molecule has 5 nitrogen and oxygen atoms in total. The molecule has 0 aromatic heterocycles. The third-order valence-corrected chi connectivity index (χ3v) is 4.17. The van der Waals surface area contributed by atoms with Crippen molar-refractivity contribution >= 4 is 17.7 Å². The molecule has 21 heavy (non-hydrogen) atoms. The minimum absolute atomic E-state index is 0.206. The Bertz CT molecular complexity index is 542. The number of aromatic carboxylic acids is 1. The lowest BCUT2D eigenvalue weighted by Crippen LogP contribution is -2.32. The van der Waals surface area contributed by atoms with Gasteiger partial charge in [0.15, 0.2) is 0 Å². The first kappa shape index (κ1) is 15.4. The van der Waals surface area contributed by atoms with E-state index in [1.54, 1.807) is 19.1 Å². The molecule has 3 N–H and O–H groups in total. The van der Waals surface area contributed by atoms with Gasteiger partial charge in [-0.1, -0.05) is 19.4 Å². The predicted molar refractivity (Wildman–Crippen MR) is 81.7 cm³/mol. The summed E-state index contributed by atoms with van der Waals surface area (Å²) in [6, 6.07) is 4.59. The van der Waals surface area contributed by atoms with Crippen molar-refractivity contribution < 1.29 is 14.7 Å². The molecule has 0 saturated heterocycles. The summed E-state index contributed by atoms with van der Waals surface area (Å²) >= 11 is 0. The molecule has 2 rings (SSSR count). The van der Waals surface area contributed by atoms with E-state index in [0.717, 1.165) is 18.8 Å². The third-order valence-electron chi connectivity index (χ3n) is 4.17. The number of carbonyl (C=O) groups excluding carboxylic acids is 1. The maximum Gasteiger partial charge on any atom is 0.336 e. The number of carboxylic acids is 1. The SMILES string of the molecule is Cc1c(NC(=O)NCC2CCC(C)C2)cccc1C(=O)O. The van der Waals surface area contributed by atoms with Gasteiger partial charge in [0.05, 0.1) is 5.56 Å². The molecule has 114 valence electrons. The summed E-state index contributed by atoms with van der Waals surface area (Å²) in [5, 5.41) is 14.7. The van der Waals surface area contributed by atoms with Crippen LogP contribution >= 0.6 is 0 Å². The summed E-state index contributed by atoms with van der Waals surface area (Å²) in [5.74, 6) is 0.308. The third kappa shape index (κ3) is 3.97. The lowest BCUT2D eigenvalue weighted by molar-refractivity contribution is 0.0696. The molecule has 5 heteroatoms. The minimum Gasteiger partial charge on any atom is -0.478 e. The quantitative estimate of drug-likeness (QED) is 0.796. The smallest absolute Gasteiger partial charge is 0.336 e. The molecule has 0 bridgehead atoms. The zero-order valence-electron chi connectivity index (χ0n) is 12.5. The predicted octanol–water partition coefficient (Wildman–Crippen LogP) is 3.25. The molecule has 0 radical (unpaired) electrons. The first-order valence-corrected chi connectivity index (χ1v) is 7.35. The first-order chi connectivity index (χ1) is 9.97. The van der Waals surface area contributed by atoms with Gasteiger partial charge in [-0.15, -0.1) is 0 Å². The Hall–Kier alpha value is -2.04. The van der Waals surface area contributed by atoms with E-state index >= 15 is 0 Å². The summed E-state index contributed by atoms with van der Waals surface area (Å²) in [5.41, 5.74) is 1.30. The average Bonchev–Trinajstić information content (AvgIpc) is 2.84. The number of hydrogen-bond donors (Lipinski definition) is 3. The Balaban J connectivity index is 1.91. The number of urea groups is 1. The van der Waals surface area contributed by atoms with Gasteiger partial charge >= 0.3 is 12.0 Å². The summed E-state index contributed by atoms with van der Waals surface area (Å²) in [4.78, 5) is 23.0. The molecular weight excluding hydrogens is 268 g/mol. The van der Waals surface area contributed by atoms with Crippen LogP contribution in [0.3, 0.4) is 0 Å². The zero-order valence-corrected chi connectivity index (χ0v) is 12.5. The highest BCUT2D eigenvalue weighted by Gasteiger charge is 2.21. The van der Waals surface area contributed by atoms with Crippen molar-refractivity contribution in [3.8, 4) is 0 Å². The van der Waals surface area contributed by atoms with Crippen LogP contribution in [0.2, 0.25) is 0 Å². The van der Waals surface area contributed by atoms with E-state index in [2.05, 4.69) is 17.6 Å². The Morgan fingerprint density at radius 3 is 2.71 bits per heavy atom. The van der Waals surface area contributed by atoms with Gasteiger partial charge in [-0.05, 0) is 49.3 Å². The molecule has 1 aromatic carbocycles. The second kappa shape index (κ2) is 6.61. The maximum atomic E-state index is 11.9. The Morgan fingerprint density at radius 2 is 2.10 bits per heavy atom. The lowest BCUT2D eigenvalue weighted by atomic mass is 10.1. The normalized spacial score (nSPS) is 21.0. The molecule has 0 aliphatic heterocycles. The largest absolute Gasteiger partial charge is 0.478 e. The number of carbonyl (C=O) groups is 2. The van der Waals surface area contributed by atoms with Crippen molar-refractivity contribution in [2.75, 3.05) is 11.9 Å². The van der Waals surface area contributed by atoms with Crippen molar-refractivity contribution in [2.24, 2.45) is 11.8 Å². The number of hydrogen-bond acceptors (Lipinski definition) is 2. The highest BCUT2D eigenvalue weighted by molar-refractivity contribution is 5.95. The Labute approximate surface area is 124 Å². The van der Waals surface area contributed by atoms with Crippen LogP contribution in [0, 0.1) is 18.8 Å². The second-order valence-corrected chi connectivity index (χ2v) is 5.90. The van der Waals surface area contributed by atoms with Crippen LogP contribution in [-0.2, 0) is 0 Å². The Kier molecular flexibility index (Phi) is 4.83. The molecule has 1 aliphatic carbocycles. The number of nitrogens with one attached hydrogen (secondary N) is 2. The van der Waals surface area contributed by atoms with Gasteiger partial charge in [0.1, 0.15) is 0 Å². The molecule has 1 aliphatic rings.